The Morgan fingerprint density at radius 3 is 0.694 bits per heavy atom. The van der Waals surface area contributed by atoms with Crippen molar-refractivity contribution in [2.45, 2.75) is 424 Å². The Morgan fingerprint density at radius 1 is 0.240 bits per heavy atom. The molecule has 0 saturated carbocycles. The average Bonchev–Trinajstić information content (AvgIpc) is 0.913. The Bertz CT molecular complexity index is 2880. The van der Waals surface area contributed by atoms with Gasteiger partial charge in [0.15, 0.2) is 6.10 Å². The molecular formula is C103H176O16P2. The predicted molar refractivity (Wildman–Crippen MR) is 509 cm³/mol. The Balaban J connectivity index is 4.54. The molecular weight excluding hydrogens is 1560 g/mol. The van der Waals surface area contributed by atoms with Crippen LogP contribution in [0.25, 0.3) is 0 Å². The summed E-state index contributed by atoms with van der Waals surface area (Å²) in [5.74, 6) is -1.59. The molecule has 0 aromatic carbocycles. The summed E-state index contributed by atoms with van der Waals surface area (Å²) in [6.07, 6.45) is 123. The van der Waals surface area contributed by atoms with Crippen LogP contribution in [0.4, 0.5) is 0 Å². The van der Waals surface area contributed by atoms with Crippen LogP contribution in [0.1, 0.15) is 406 Å². The van der Waals surface area contributed by atoms with E-state index in [0.717, 1.165) is 167 Å². The van der Waals surface area contributed by atoms with E-state index in [1.807, 2.05) is 0 Å². The van der Waals surface area contributed by atoms with Crippen molar-refractivity contribution in [3.63, 3.8) is 0 Å². The van der Waals surface area contributed by atoms with E-state index in [0.29, 0.717) is 19.3 Å². The van der Waals surface area contributed by atoms with E-state index in [9.17, 15) is 43.5 Å². The van der Waals surface area contributed by atoms with Crippen molar-refractivity contribution in [3.8, 4) is 0 Å². The number of allylic oxidation sites excluding steroid dienone is 28. The number of ether oxygens (including phenoxy) is 3. The lowest BCUT2D eigenvalue weighted by Crippen LogP contribution is -2.30. The molecule has 0 spiro atoms. The minimum Gasteiger partial charge on any atom is -0.463 e. The molecule has 121 heavy (non-hydrogen) atoms. The molecule has 0 aliphatic carbocycles. The smallest absolute Gasteiger partial charge is 0.463 e. The van der Waals surface area contributed by atoms with Crippen LogP contribution >= 0.6 is 15.6 Å². The van der Waals surface area contributed by atoms with Gasteiger partial charge in [-0.15, -0.1) is 0 Å². The number of carbonyl (C=O) groups is 3. The van der Waals surface area contributed by atoms with E-state index < -0.39 is 91.5 Å². The van der Waals surface area contributed by atoms with Crippen molar-refractivity contribution >= 4 is 33.6 Å². The lowest BCUT2D eigenvalue weighted by molar-refractivity contribution is -0.161. The predicted octanol–water partition coefficient (Wildman–Crippen LogP) is 30.2. The van der Waals surface area contributed by atoms with Gasteiger partial charge in [-0.2, -0.15) is 0 Å². The maximum Gasteiger partial charge on any atom is 0.472 e. The topological polar surface area (TPSA) is 231 Å². The number of aliphatic hydroxyl groups excluding tert-OH is 2. The van der Waals surface area contributed by atoms with Crippen LogP contribution in [0.15, 0.2) is 170 Å². The second-order valence-electron chi connectivity index (χ2n) is 32.1. The van der Waals surface area contributed by atoms with Gasteiger partial charge in [0.2, 0.25) is 0 Å². The second-order valence-corrected chi connectivity index (χ2v) is 35.0. The zero-order chi connectivity index (χ0) is 87.9. The molecule has 0 radical (unpaired) electrons. The van der Waals surface area contributed by atoms with Gasteiger partial charge in [-0.25, -0.2) is 9.13 Å². The first-order valence-electron chi connectivity index (χ1n) is 48.4. The average molecular weight is 1730 g/mol. The van der Waals surface area contributed by atoms with Gasteiger partial charge in [0.25, 0.3) is 0 Å². The third kappa shape index (κ3) is 95.4. The van der Waals surface area contributed by atoms with Crippen molar-refractivity contribution in [1.82, 2.24) is 0 Å². The molecule has 5 atom stereocenters. The van der Waals surface area contributed by atoms with Crippen LogP contribution in [0, 0.1) is 0 Å². The lowest BCUT2D eigenvalue weighted by Gasteiger charge is -2.21. The molecule has 0 fully saturated rings. The number of unbranched alkanes of at least 4 members (excludes halogenated alkanes) is 40. The van der Waals surface area contributed by atoms with Crippen LogP contribution in [0.5, 0.6) is 0 Å². The minimum atomic E-state index is -4.95. The standard InChI is InChI=1S/C103H176O16P2/c1-4-7-10-13-16-19-22-25-28-31-34-37-39-41-43-45-46-47-48-49-50-52-54-55-57-60-62-65-68-71-74-77-80-83-86-89-101(106)113-92-98(104)93-115-120(109,110)116-94-99(105)95-117-121(111,112)118-97-100(119-103(108)91-88-85-82-79-76-73-70-67-64-59-36-33-30-27-24-21-18-15-12-9-6-3)96-114-102(107)90-87-84-81-78-75-72-69-66-63-61-58-56-53-51-44-42-40-38-35-32-29-26-23-20-17-14-11-8-5-2/h8-9,11-12,16-21,25-30,34-38,41-44,59,67,70,98-100,104-105H,4-7,10,13-15,22-24,31-33,39-40,45-58,60-66,68-69,71-97H2,1-3H3,(H,109,110)(H,111,112)/b11-8-,12-9-,19-16-,20-17-,21-18-,28-25-,29-26-,30-27-,37-34-,38-35-,43-41-,44-42-,59-36-,70-67-. The van der Waals surface area contributed by atoms with Crippen LogP contribution in [-0.2, 0) is 55.8 Å². The molecule has 5 unspecified atom stereocenters. The Morgan fingerprint density at radius 2 is 0.438 bits per heavy atom. The van der Waals surface area contributed by atoms with Crippen molar-refractivity contribution < 1.29 is 75.8 Å². The number of carbonyl (C=O) groups excluding carboxylic acids is 3. The summed E-state index contributed by atoms with van der Waals surface area (Å²) >= 11 is 0. The monoisotopic (exact) mass is 1730 g/mol. The fourth-order valence-electron chi connectivity index (χ4n) is 13.1. The van der Waals surface area contributed by atoms with Gasteiger partial charge in [0.1, 0.15) is 25.4 Å². The number of rotatable bonds is 91. The summed E-state index contributed by atoms with van der Waals surface area (Å²) < 4.78 is 61.5. The SMILES string of the molecule is CC/C=C\C/C=C\C/C=C\C/C=C\C/C=C\CCCCCCCCCCCCCCCC(=O)OCC(COP(=O)(O)OCC(O)COP(=O)(O)OCC(O)COC(=O)CCCCCCCCCCCCCCCCCCCCC/C=C\C/C=C\C/C=C\C/C=C\CCCCC)OC(=O)CCCCCCC/C=C\C/C=C\C/C=C\C/C=C\C/C=C\CC. The molecule has 4 N–H and O–H groups in total. The van der Waals surface area contributed by atoms with Crippen LogP contribution in [-0.4, -0.2) is 95.9 Å². The molecule has 0 bridgehead atoms. The van der Waals surface area contributed by atoms with E-state index in [1.54, 1.807) is 0 Å². The van der Waals surface area contributed by atoms with Crippen molar-refractivity contribution in [1.29, 1.82) is 0 Å². The molecule has 0 aromatic rings. The third-order valence-electron chi connectivity index (χ3n) is 20.4. The molecule has 0 aliphatic rings. The first kappa shape index (κ1) is 116. The van der Waals surface area contributed by atoms with Gasteiger partial charge in [-0.3, -0.25) is 32.5 Å². The zero-order valence-corrected chi connectivity index (χ0v) is 78.4. The van der Waals surface area contributed by atoms with E-state index in [2.05, 4.69) is 191 Å². The summed E-state index contributed by atoms with van der Waals surface area (Å²) in [5, 5.41) is 20.8. The number of aliphatic hydroxyl groups is 2. The quantitative estimate of drug-likeness (QED) is 0.0146. The van der Waals surface area contributed by atoms with Crippen LogP contribution in [0.2, 0.25) is 0 Å². The van der Waals surface area contributed by atoms with E-state index in [1.165, 1.54) is 180 Å². The highest BCUT2D eigenvalue weighted by atomic mass is 31.2. The highest BCUT2D eigenvalue weighted by molar-refractivity contribution is 7.47. The minimum absolute atomic E-state index is 0.0783. The molecule has 18 heteroatoms. The zero-order valence-electron chi connectivity index (χ0n) is 76.6. The second kappa shape index (κ2) is 94.1. The summed E-state index contributed by atoms with van der Waals surface area (Å²) in [6, 6.07) is 0. The van der Waals surface area contributed by atoms with Gasteiger partial charge in [-0.1, -0.05) is 403 Å². The first-order valence-corrected chi connectivity index (χ1v) is 51.4. The Labute approximate surface area is 739 Å². The molecule has 0 amide bonds. The first-order chi connectivity index (χ1) is 59.2. The lowest BCUT2D eigenvalue weighted by atomic mass is 10.0. The summed E-state index contributed by atoms with van der Waals surface area (Å²) in [4.78, 5) is 59.1. The van der Waals surface area contributed by atoms with Gasteiger partial charge in [0.05, 0.1) is 26.4 Å². The molecule has 0 aliphatic heterocycles. The number of phosphoric ester groups is 2. The largest absolute Gasteiger partial charge is 0.472 e. The molecule has 16 nitrogen and oxygen atoms in total. The highest BCUT2D eigenvalue weighted by Crippen LogP contribution is 2.45. The van der Waals surface area contributed by atoms with E-state index in [4.69, 9.17) is 32.3 Å². The van der Waals surface area contributed by atoms with Gasteiger partial charge in [-0.05, 0) is 154 Å². The normalized spacial score (nSPS) is 14.5. The highest BCUT2D eigenvalue weighted by Gasteiger charge is 2.30. The molecule has 694 valence electrons. The molecule has 0 rings (SSSR count). The van der Waals surface area contributed by atoms with Crippen LogP contribution in [0.3, 0.4) is 0 Å². The molecule has 0 aromatic heterocycles. The number of hydrogen-bond donors (Lipinski definition) is 4. The summed E-state index contributed by atoms with van der Waals surface area (Å²) in [5.41, 5.74) is 0. The van der Waals surface area contributed by atoms with Crippen molar-refractivity contribution in [3.05, 3.63) is 170 Å². The molecule has 0 saturated heterocycles. The van der Waals surface area contributed by atoms with E-state index >= 15 is 0 Å². The number of hydrogen-bond acceptors (Lipinski definition) is 14. The Kier molecular flexibility index (Phi) is 90.1. The van der Waals surface area contributed by atoms with Crippen molar-refractivity contribution in [2.24, 2.45) is 0 Å². The maximum absolute atomic E-state index is 13.1. The third-order valence-corrected chi connectivity index (χ3v) is 22.3. The van der Waals surface area contributed by atoms with E-state index in [-0.39, 0.29) is 19.3 Å². The Hall–Kier alpha value is -5.09. The van der Waals surface area contributed by atoms with Gasteiger partial charge >= 0.3 is 33.6 Å². The maximum atomic E-state index is 13.1. The number of phosphoric acid groups is 2. The summed E-state index contributed by atoms with van der Waals surface area (Å²) in [6.45, 7) is 2.46. The fourth-order valence-corrected chi connectivity index (χ4v) is 14.7. The van der Waals surface area contributed by atoms with Gasteiger partial charge in [0, 0.05) is 19.3 Å². The summed E-state index contributed by atoms with van der Waals surface area (Å²) in [7, 11) is -9.82. The van der Waals surface area contributed by atoms with Gasteiger partial charge < -0.3 is 34.2 Å². The van der Waals surface area contributed by atoms with Crippen LogP contribution < -0.4 is 0 Å². The number of esters is 3. The fraction of sp³-hybridized carbons (Fsp3) is 0.699. The molecule has 0 heterocycles. The van der Waals surface area contributed by atoms with Crippen molar-refractivity contribution in [2.75, 3.05) is 39.6 Å².